The lowest BCUT2D eigenvalue weighted by atomic mass is 10.1. The van der Waals surface area contributed by atoms with Crippen molar-refractivity contribution in [2.24, 2.45) is 5.92 Å². The summed E-state index contributed by atoms with van der Waals surface area (Å²) in [5.41, 5.74) is 1.83. The molecule has 1 fully saturated rings. The van der Waals surface area contributed by atoms with Crippen molar-refractivity contribution >= 4 is 5.91 Å². The zero-order valence-electron chi connectivity index (χ0n) is 15.1. The minimum atomic E-state index is -0.574. The van der Waals surface area contributed by atoms with Crippen molar-refractivity contribution in [1.29, 1.82) is 0 Å². The molecule has 140 valence electrons. The molecule has 3 aromatic rings. The van der Waals surface area contributed by atoms with Gasteiger partial charge in [0.05, 0.1) is 12.1 Å². The quantitative estimate of drug-likeness (QED) is 0.723. The highest BCUT2D eigenvalue weighted by Crippen LogP contribution is 2.29. The van der Waals surface area contributed by atoms with Crippen molar-refractivity contribution < 1.29 is 14.4 Å². The van der Waals surface area contributed by atoms with Gasteiger partial charge in [-0.3, -0.25) is 9.48 Å². The van der Waals surface area contributed by atoms with E-state index in [1.165, 1.54) is 0 Å². The van der Waals surface area contributed by atoms with E-state index in [-0.39, 0.29) is 23.6 Å². The first-order valence-electron chi connectivity index (χ1n) is 9.10. The van der Waals surface area contributed by atoms with Gasteiger partial charge in [-0.15, -0.1) is 0 Å². The molecular weight excluding hydrogens is 344 g/mol. The molecule has 0 spiro atoms. The van der Waals surface area contributed by atoms with Gasteiger partial charge in [-0.05, 0) is 31.7 Å². The van der Waals surface area contributed by atoms with Gasteiger partial charge in [0, 0.05) is 30.1 Å². The topological polar surface area (TPSA) is 93.2 Å². The van der Waals surface area contributed by atoms with E-state index in [1.807, 2.05) is 54.2 Å². The summed E-state index contributed by atoms with van der Waals surface area (Å²) in [6.45, 7) is 2.55. The fourth-order valence-electron chi connectivity index (χ4n) is 3.74. The maximum absolute atomic E-state index is 12.7. The number of rotatable bonds is 5. The summed E-state index contributed by atoms with van der Waals surface area (Å²) in [6.07, 6.45) is 4.41. The molecule has 0 radical (unpaired) electrons. The Kier molecular flexibility index (Phi) is 4.77. The standard InChI is InChI=1S/C20H22N4O3/c1-13-18(23-27-19(13)15-6-3-2-4-7-15)20(26)22-16-10-14(11-17(16)25)12-24-9-5-8-21-24/h2-9,14,16-17,25H,10-12H2,1H3,(H,22,26)/t14?,16-,17-/m1/s1. The highest BCUT2D eigenvalue weighted by atomic mass is 16.5. The van der Waals surface area contributed by atoms with Gasteiger partial charge in [-0.1, -0.05) is 35.5 Å². The van der Waals surface area contributed by atoms with Gasteiger partial charge in [0.2, 0.25) is 0 Å². The van der Waals surface area contributed by atoms with Crippen LogP contribution in [0.2, 0.25) is 0 Å². The lowest BCUT2D eigenvalue weighted by Gasteiger charge is -2.15. The van der Waals surface area contributed by atoms with Crippen LogP contribution in [0, 0.1) is 12.8 Å². The average Bonchev–Trinajstić information content (AvgIpc) is 3.38. The zero-order chi connectivity index (χ0) is 18.8. The van der Waals surface area contributed by atoms with Crippen LogP contribution in [0.5, 0.6) is 0 Å². The van der Waals surface area contributed by atoms with Gasteiger partial charge < -0.3 is 14.9 Å². The zero-order valence-corrected chi connectivity index (χ0v) is 15.1. The molecule has 2 heterocycles. The molecule has 27 heavy (non-hydrogen) atoms. The van der Waals surface area contributed by atoms with Crippen molar-refractivity contribution in [1.82, 2.24) is 20.3 Å². The number of nitrogens with one attached hydrogen (secondary N) is 1. The maximum atomic E-state index is 12.7. The van der Waals surface area contributed by atoms with E-state index in [9.17, 15) is 9.90 Å². The van der Waals surface area contributed by atoms with Crippen LogP contribution in [0.4, 0.5) is 0 Å². The third kappa shape index (κ3) is 3.64. The Morgan fingerprint density at radius 2 is 2.11 bits per heavy atom. The van der Waals surface area contributed by atoms with Crippen molar-refractivity contribution in [3.63, 3.8) is 0 Å². The largest absolute Gasteiger partial charge is 0.391 e. The van der Waals surface area contributed by atoms with Crippen molar-refractivity contribution in [2.45, 2.75) is 38.5 Å². The second-order valence-electron chi connectivity index (χ2n) is 7.06. The third-order valence-electron chi connectivity index (χ3n) is 5.12. The SMILES string of the molecule is Cc1c(C(=O)N[C@@H]2CC(Cn3cccn3)C[C@H]2O)noc1-c1ccccc1. The van der Waals surface area contributed by atoms with E-state index >= 15 is 0 Å². The number of carbonyl (C=O) groups excluding carboxylic acids is 1. The molecule has 7 heteroatoms. The summed E-state index contributed by atoms with van der Waals surface area (Å²) in [7, 11) is 0. The van der Waals surface area contributed by atoms with E-state index in [0.29, 0.717) is 24.2 Å². The van der Waals surface area contributed by atoms with Gasteiger partial charge >= 0.3 is 0 Å². The molecule has 1 unspecified atom stereocenters. The predicted octanol–water partition coefficient (Wildman–Crippen LogP) is 2.42. The van der Waals surface area contributed by atoms with Crippen LogP contribution in [0.25, 0.3) is 11.3 Å². The second-order valence-corrected chi connectivity index (χ2v) is 7.06. The molecule has 0 aliphatic heterocycles. The molecule has 4 rings (SSSR count). The number of amides is 1. The number of aliphatic hydroxyl groups excluding tert-OH is 1. The molecule has 1 saturated carbocycles. The summed E-state index contributed by atoms with van der Waals surface area (Å²) in [5.74, 6) is 0.537. The number of hydrogen-bond donors (Lipinski definition) is 2. The second kappa shape index (κ2) is 7.36. The van der Waals surface area contributed by atoms with Crippen LogP contribution in [0.1, 0.15) is 28.9 Å². The van der Waals surface area contributed by atoms with Crippen molar-refractivity contribution in [2.75, 3.05) is 0 Å². The van der Waals surface area contributed by atoms with Crippen LogP contribution in [0.3, 0.4) is 0 Å². The Morgan fingerprint density at radius 3 is 2.85 bits per heavy atom. The van der Waals surface area contributed by atoms with Crippen LogP contribution in [0.15, 0.2) is 53.3 Å². The Labute approximate surface area is 157 Å². The monoisotopic (exact) mass is 366 g/mol. The highest BCUT2D eigenvalue weighted by molar-refractivity contribution is 5.95. The van der Waals surface area contributed by atoms with E-state index < -0.39 is 6.10 Å². The third-order valence-corrected chi connectivity index (χ3v) is 5.12. The smallest absolute Gasteiger partial charge is 0.274 e. The fourth-order valence-corrected chi connectivity index (χ4v) is 3.74. The fraction of sp³-hybridized carbons (Fsp3) is 0.350. The predicted molar refractivity (Wildman–Crippen MR) is 98.9 cm³/mol. The summed E-state index contributed by atoms with van der Waals surface area (Å²) >= 11 is 0. The number of carbonyl (C=O) groups is 1. The molecule has 2 aromatic heterocycles. The summed E-state index contributed by atoms with van der Waals surface area (Å²) in [6, 6.07) is 11.1. The summed E-state index contributed by atoms with van der Waals surface area (Å²) in [5, 5.41) is 21.4. The van der Waals surface area contributed by atoms with E-state index in [4.69, 9.17) is 4.52 Å². The van der Waals surface area contributed by atoms with E-state index in [1.54, 1.807) is 6.20 Å². The highest BCUT2D eigenvalue weighted by Gasteiger charge is 2.35. The summed E-state index contributed by atoms with van der Waals surface area (Å²) < 4.78 is 7.26. The Hall–Kier alpha value is -2.93. The van der Waals surface area contributed by atoms with E-state index in [2.05, 4.69) is 15.6 Å². The normalized spacial score (nSPS) is 22.1. The van der Waals surface area contributed by atoms with Gasteiger partial charge in [0.15, 0.2) is 11.5 Å². The Balaban J connectivity index is 1.43. The molecule has 1 aliphatic rings. The Bertz CT molecular complexity index is 905. The van der Waals surface area contributed by atoms with Crippen molar-refractivity contribution in [3.05, 3.63) is 60.0 Å². The first-order valence-corrected chi connectivity index (χ1v) is 9.10. The van der Waals surface area contributed by atoms with Crippen molar-refractivity contribution in [3.8, 4) is 11.3 Å². The number of nitrogens with zero attached hydrogens (tertiary/aromatic N) is 3. The minimum absolute atomic E-state index is 0.261. The number of aromatic nitrogens is 3. The van der Waals surface area contributed by atoms with Gasteiger partial charge in [0.25, 0.3) is 5.91 Å². The Morgan fingerprint density at radius 1 is 1.30 bits per heavy atom. The van der Waals surface area contributed by atoms with E-state index in [0.717, 1.165) is 12.1 Å². The van der Waals surface area contributed by atoms with Gasteiger partial charge in [0.1, 0.15) is 0 Å². The molecule has 0 saturated heterocycles. The first-order chi connectivity index (χ1) is 13.1. The average molecular weight is 366 g/mol. The van der Waals surface area contributed by atoms with Crippen LogP contribution in [-0.4, -0.2) is 38.1 Å². The number of hydrogen-bond acceptors (Lipinski definition) is 5. The molecule has 1 amide bonds. The minimum Gasteiger partial charge on any atom is -0.391 e. The lowest BCUT2D eigenvalue weighted by Crippen LogP contribution is -2.40. The molecule has 0 bridgehead atoms. The van der Waals surface area contributed by atoms with Crippen LogP contribution >= 0.6 is 0 Å². The number of aliphatic hydroxyl groups is 1. The lowest BCUT2D eigenvalue weighted by molar-refractivity contribution is 0.0863. The van der Waals surface area contributed by atoms with Crippen LogP contribution < -0.4 is 5.32 Å². The van der Waals surface area contributed by atoms with Gasteiger partial charge in [-0.25, -0.2) is 0 Å². The van der Waals surface area contributed by atoms with Crippen LogP contribution in [-0.2, 0) is 6.54 Å². The molecular formula is C20H22N4O3. The molecule has 2 N–H and O–H groups in total. The molecule has 7 nitrogen and oxygen atoms in total. The molecule has 1 aromatic carbocycles. The maximum Gasteiger partial charge on any atom is 0.274 e. The molecule has 3 atom stereocenters. The number of benzene rings is 1. The first kappa shape index (κ1) is 17.5. The van der Waals surface area contributed by atoms with Gasteiger partial charge in [-0.2, -0.15) is 5.10 Å². The molecule has 1 aliphatic carbocycles. The summed E-state index contributed by atoms with van der Waals surface area (Å²) in [4.78, 5) is 12.7.